The SMILES string of the molecule is C.C.C.C.CCC(C)OC.CCCCOC.CCCOC.CCCOC(=O)CCCCCOC.COCC(C)C. The van der Waals surface area contributed by atoms with Crippen LogP contribution in [0.4, 0.5) is 0 Å². The molecule has 0 aromatic rings. The van der Waals surface area contributed by atoms with Crippen LogP contribution in [0, 0.1) is 5.92 Å². The van der Waals surface area contributed by atoms with Gasteiger partial charge >= 0.3 is 5.97 Å². The molecule has 1 atom stereocenters. The second-order valence-electron chi connectivity index (χ2n) is 8.67. The Morgan fingerprint density at radius 2 is 1.05 bits per heavy atom. The third-order valence-corrected chi connectivity index (χ3v) is 4.28. The zero-order valence-electron chi connectivity index (χ0n) is 26.4. The summed E-state index contributed by atoms with van der Waals surface area (Å²) in [7, 11) is 8.59. The highest BCUT2D eigenvalue weighted by molar-refractivity contribution is 5.69. The van der Waals surface area contributed by atoms with Gasteiger partial charge in [0.2, 0.25) is 0 Å². The summed E-state index contributed by atoms with van der Waals surface area (Å²) >= 11 is 0. The maximum Gasteiger partial charge on any atom is 0.305 e. The fourth-order valence-electron chi connectivity index (χ4n) is 1.97. The Labute approximate surface area is 255 Å². The second-order valence-corrected chi connectivity index (χ2v) is 8.67. The molecular formula is C33H82O7. The van der Waals surface area contributed by atoms with E-state index >= 15 is 0 Å². The molecule has 0 bridgehead atoms. The number of rotatable bonds is 17. The lowest BCUT2D eigenvalue weighted by Crippen LogP contribution is -2.04. The van der Waals surface area contributed by atoms with Crippen LogP contribution in [-0.2, 0) is 33.2 Å². The summed E-state index contributed by atoms with van der Waals surface area (Å²) in [6.45, 7) is 18.7. The zero-order valence-corrected chi connectivity index (χ0v) is 26.4. The van der Waals surface area contributed by atoms with Crippen LogP contribution in [-0.4, -0.2) is 80.7 Å². The van der Waals surface area contributed by atoms with Crippen molar-refractivity contribution in [2.45, 2.75) is 142 Å². The summed E-state index contributed by atoms with van der Waals surface area (Å²) in [5, 5.41) is 0. The molecule has 0 fully saturated rings. The maximum atomic E-state index is 11.0. The van der Waals surface area contributed by atoms with Gasteiger partial charge in [0.15, 0.2) is 0 Å². The van der Waals surface area contributed by atoms with Gasteiger partial charge in [0, 0.05) is 68.4 Å². The highest BCUT2D eigenvalue weighted by Crippen LogP contribution is 2.01. The number of unbranched alkanes of at least 4 members (excludes halogenated alkanes) is 3. The van der Waals surface area contributed by atoms with E-state index in [1.807, 2.05) is 6.92 Å². The van der Waals surface area contributed by atoms with Gasteiger partial charge in [0.25, 0.3) is 0 Å². The lowest BCUT2D eigenvalue weighted by molar-refractivity contribution is -0.143. The van der Waals surface area contributed by atoms with Gasteiger partial charge in [0.1, 0.15) is 0 Å². The molecule has 40 heavy (non-hydrogen) atoms. The minimum atomic E-state index is -0.0701. The molecule has 0 aliphatic carbocycles. The largest absolute Gasteiger partial charge is 0.466 e. The standard InChI is InChI=1S/C10H20O3.3C5H12O.C4H10O.4CH4/c1-3-8-13-10(11)7-5-4-6-9-12-2;1-5(2)4-6-3;1-4-5(2)6-3;1-3-4-5-6-2;1-3-4-5-2;;;;/h3-9H2,1-2H3;2*5H,4H2,1-3H3;3-5H2,1-2H3;3-4H2,1-2H3;4*1H4. The molecule has 0 aliphatic rings. The van der Waals surface area contributed by atoms with E-state index in [0.717, 1.165) is 65.0 Å². The van der Waals surface area contributed by atoms with Crippen LogP contribution in [0.1, 0.15) is 136 Å². The van der Waals surface area contributed by atoms with Crippen molar-refractivity contribution in [2.24, 2.45) is 5.92 Å². The number of hydrogen-bond donors (Lipinski definition) is 0. The molecule has 0 saturated heterocycles. The molecule has 0 aromatic carbocycles. The lowest BCUT2D eigenvalue weighted by Gasteiger charge is -2.02. The summed E-state index contributed by atoms with van der Waals surface area (Å²) < 4.78 is 29.0. The van der Waals surface area contributed by atoms with Gasteiger partial charge in [0.05, 0.1) is 12.7 Å². The predicted octanol–water partition coefficient (Wildman–Crippen LogP) is 9.89. The molecule has 0 aliphatic heterocycles. The Hall–Kier alpha value is -0.730. The van der Waals surface area contributed by atoms with Crippen molar-refractivity contribution in [2.75, 3.05) is 68.6 Å². The van der Waals surface area contributed by atoms with Crippen LogP contribution < -0.4 is 0 Å². The quantitative estimate of drug-likeness (QED) is 0.123. The number of ether oxygens (including phenoxy) is 6. The van der Waals surface area contributed by atoms with Crippen molar-refractivity contribution >= 4 is 5.97 Å². The van der Waals surface area contributed by atoms with Crippen molar-refractivity contribution in [3.63, 3.8) is 0 Å². The van der Waals surface area contributed by atoms with Crippen LogP contribution in [0.3, 0.4) is 0 Å². The van der Waals surface area contributed by atoms with Gasteiger partial charge in [-0.2, -0.15) is 0 Å². The molecule has 7 heteroatoms. The molecule has 0 amide bonds. The van der Waals surface area contributed by atoms with E-state index in [0.29, 0.717) is 25.0 Å². The van der Waals surface area contributed by atoms with Gasteiger partial charge in [-0.25, -0.2) is 0 Å². The number of methoxy groups -OCH3 is 5. The molecule has 0 N–H and O–H groups in total. The van der Waals surface area contributed by atoms with Crippen molar-refractivity contribution in [3.8, 4) is 0 Å². The average molecular weight is 591 g/mol. The normalized spacial score (nSPS) is 9.32. The van der Waals surface area contributed by atoms with Gasteiger partial charge in [-0.15, -0.1) is 0 Å². The van der Waals surface area contributed by atoms with Crippen molar-refractivity contribution in [1.29, 1.82) is 0 Å². The second kappa shape index (κ2) is 66.5. The first-order valence-electron chi connectivity index (χ1n) is 13.9. The summed E-state index contributed by atoms with van der Waals surface area (Å²) in [5.74, 6) is 0.606. The average Bonchev–Trinajstić information content (AvgIpc) is 2.87. The summed E-state index contributed by atoms with van der Waals surface area (Å²) in [6.07, 6.45) is 9.50. The fraction of sp³-hybridized carbons (Fsp3) is 0.970. The van der Waals surface area contributed by atoms with E-state index in [2.05, 4.69) is 41.5 Å². The monoisotopic (exact) mass is 591 g/mol. The van der Waals surface area contributed by atoms with Crippen LogP contribution in [0.25, 0.3) is 0 Å². The van der Waals surface area contributed by atoms with Crippen molar-refractivity contribution < 1.29 is 33.2 Å². The minimum Gasteiger partial charge on any atom is -0.466 e. The Morgan fingerprint density at radius 1 is 0.575 bits per heavy atom. The first-order chi connectivity index (χ1) is 17.2. The predicted molar refractivity (Wildman–Crippen MR) is 181 cm³/mol. The smallest absolute Gasteiger partial charge is 0.305 e. The number of carbonyl (C=O) groups excluding carboxylic acids is 1. The molecule has 0 saturated carbocycles. The molecule has 0 aromatic heterocycles. The topological polar surface area (TPSA) is 72.5 Å². The molecule has 0 radical (unpaired) electrons. The molecule has 1 unspecified atom stereocenters. The summed E-state index contributed by atoms with van der Waals surface area (Å²) in [6, 6.07) is 0. The summed E-state index contributed by atoms with van der Waals surface area (Å²) in [5.41, 5.74) is 0. The molecule has 0 spiro atoms. The Morgan fingerprint density at radius 3 is 1.27 bits per heavy atom. The van der Waals surface area contributed by atoms with Crippen LogP contribution >= 0.6 is 0 Å². The number of hydrogen-bond acceptors (Lipinski definition) is 7. The first kappa shape index (κ1) is 62.8. The van der Waals surface area contributed by atoms with E-state index in [4.69, 9.17) is 28.4 Å². The Balaban J connectivity index is -0.0000000443. The first-order valence-corrected chi connectivity index (χ1v) is 13.9. The van der Waals surface area contributed by atoms with E-state index in [1.165, 1.54) is 12.8 Å². The van der Waals surface area contributed by atoms with Crippen LogP contribution in [0.15, 0.2) is 0 Å². The van der Waals surface area contributed by atoms with Gasteiger partial charge < -0.3 is 28.4 Å². The van der Waals surface area contributed by atoms with E-state index in [-0.39, 0.29) is 35.7 Å². The van der Waals surface area contributed by atoms with E-state index in [9.17, 15) is 4.79 Å². The van der Waals surface area contributed by atoms with E-state index in [1.54, 1.807) is 35.5 Å². The Bertz CT molecular complexity index is 331. The van der Waals surface area contributed by atoms with E-state index < -0.39 is 0 Å². The molecule has 256 valence electrons. The zero-order chi connectivity index (χ0) is 28.9. The maximum absolute atomic E-state index is 11.0. The molecule has 0 heterocycles. The summed E-state index contributed by atoms with van der Waals surface area (Å²) in [4.78, 5) is 11.0. The van der Waals surface area contributed by atoms with Crippen LogP contribution in [0.2, 0.25) is 0 Å². The fourth-order valence-corrected chi connectivity index (χ4v) is 1.97. The van der Waals surface area contributed by atoms with Gasteiger partial charge in [-0.1, -0.05) is 84.1 Å². The highest BCUT2D eigenvalue weighted by Gasteiger charge is 2.00. The lowest BCUT2D eigenvalue weighted by atomic mass is 10.2. The minimum absolute atomic E-state index is 0. The van der Waals surface area contributed by atoms with Gasteiger partial charge in [-0.3, -0.25) is 4.79 Å². The van der Waals surface area contributed by atoms with Crippen molar-refractivity contribution in [3.05, 3.63) is 0 Å². The third-order valence-electron chi connectivity index (χ3n) is 4.28. The molecule has 7 nitrogen and oxygen atoms in total. The Kier molecular flexibility index (Phi) is 104. The molecule has 0 rings (SSSR count). The highest BCUT2D eigenvalue weighted by atomic mass is 16.5. The number of esters is 1. The van der Waals surface area contributed by atoms with Crippen LogP contribution in [0.5, 0.6) is 0 Å². The van der Waals surface area contributed by atoms with Gasteiger partial charge in [-0.05, 0) is 51.4 Å². The third kappa shape index (κ3) is 98.9. The van der Waals surface area contributed by atoms with Crippen molar-refractivity contribution in [1.82, 2.24) is 0 Å². The number of carbonyl (C=O) groups is 1. The molecular weight excluding hydrogens is 508 g/mol.